The molecule has 2 heterocycles. The number of amides is 1. The van der Waals surface area contributed by atoms with Crippen LogP contribution >= 0.6 is 27.3 Å². The lowest BCUT2D eigenvalue weighted by Gasteiger charge is -2.19. The van der Waals surface area contributed by atoms with Crippen molar-refractivity contribution in [3.63, 3.8) is 0 Å². The Labute approximate surface area is 124 Å². The molecule has 1 aromatic heterocycles. The highest BCUT2D eigenvalue weighted by Gasteiger charge is 2.19. The minimum absolute atomic E-state index is 0.00167. The number of halogens is 1. The number of carbonyl (C=O) groups is 1. The van der Waals surface area contributed by atoms with Crippen LogP contribution in [0.1, 0.15) is 33.1 Å². The Hall–Kier alpha value is -1.17. The summed E-state index contributed by atoms with van der Waals surface area (Å²) in [7, 11) is 0. The molecule has 1 atom stereocenters. The van der Waals surface area contributed by atoms with E-state index in [1.807, 2.05) is 29.6 Å². The fourth-order valence-electron chi connectivity index (χ4n) is 2.30. The van der Waals surface area contributed by atoms with Gasteiger partial charge in [-0.1, -0.05) is 12.1 Å². The summed E-state index contributed by atoms with van der Waals surface area (Å²) in [4.78, 5) is 11.8. The summed E-state index contributed by atoms with van der Waals surface area (Å²) in [5, 5.41) is 4.90. The molecule has 1 aliphatic heterocycles. The van der Waals surface area contributed by atoms with Gasteiger partial charge < -0.3 is 11.1 Å². The molecule has 3 rings (SSSR count). The molecule has 19 heavy (non-hydrogen) atoms. The molecule has 3 N–H and O–H groups in total. The molecule has 1 aliphatic rings. The van der Waals surface area contributed by atoms with Gasteiger partial charge in [-0.3, -0.25) is 4.79 Å². The zero-order valence-electron chi connectivity index (χ0n) is 10.2. The van der Waals surface area contributed by atoms with Gasteiger partial charge in [0.15, 0.2) is 0 Å². The first-order valence-electron chi connectivity index (χ1n) is 6.05. The van der Waals surface area contributed by atoms with Crippen molar-refractivity contribution >= 4 is 33.2 Å². The van der Waals surface area contributed by atoms with Crippen LogP contribution in [0, 0.1) is 0 Å². The van der Waals surface area contributed by atoms with Gasteiger partial charge in [-0.05, 0) is 56.6 Å². The van der Waals surface area contributed by atoms with Crippen molar-refractivity contribution in [2.24, 2.45) is 5.73 Å². The molecule has 2 aromatic rings. The minimum Gasteiger partial charge on any atom is -0.352 e. The topological polar surface area (TPSA) is 55.1 Å². The molecule has 3 nitrogen and oxygen atoms in total. The van der Waals surface area contributed by atoms with E-state index in [0.29, 0.717) is 6.54 Å². The molecule has 0 bridgehead atoms. The van der Waals surface area contributed by atoms with Crippen molar-refractivity contribution in [1.82, 2.24) is 5.32 Å². The molecule has 5 heteroatoms. The van der Waals surface area contributed by atoms with Crippen LogP contribution in [0.2, 0.25) is 0 Å². The first kappa shape index (κ1) is 12.8. The van der Waals surface area contributed by atoms with Crippen LogP contribution in [-0.4, -0.2) is 12.5 Å². The first-order valence-corrected chi connectivity index (χ1v) is 7.73. The van der Waals surface area contributed by atoms with Crippen LogP contribution < -0.4 is 11.1 Å². The average Bonchev–Trinajstić information content (AvgIpc) is 2.85. The summed E-state index contributed by atoms with van der Waals surface area (Å²) in [5.41, 5.74) is 10.2. The zero-order valence-corrected chi connectivity index (χ0v) is 12.6. The Morgan fingerprint density at radius 2 is 2.16 bits per heavy atom. The Morgan fingerprint density at radius 1 is 1.32 bits per heavy atom. The predicted octanol–water partition coefficient (Wildman–Crippen LogP) is 2.84. The van der Waals surface area contributed by atoms with E-state index in [-0.39, 0.29) is 11.9 Å². The highest BCUT2D eigenvalue weighted by molar-refractivity contribution is 9.11. The Morgan fingerprint density at radius 3 is 2.89 bits per heavy atom. The standard InChI is InChI=1S/C14H13BrN2OS/c15-12-6-10(7-19-12)13(16)9-2-1-8-3-4-17-14(18)11(8)5-9/h1-2,5-7,13H,3-4,16H2,(H,17,18). The van der Waals surface area contributed by atoms with Crippen LogP contribution in [0.25, 0.3) is 0 Å². The summed E-state index contributed by atoms with van der Waals surface area (Å²) in [6.07, 6.45) is 0.889. The molecule has 1 amide bonds. The van der Waals surface area contributed by atoms with E-state index in [9.17, 15) is 4.79 Å². The molecular formula is C14H13BrN2OS. The maximum Gasteiger partial charge on any atom is 0.251 e. The average molecular weight is 337 g/mol. The van der Waals surface area contributed by atoms with Crippen molar-refractivity contribution in [3.8, 4) is 0 Å². The van der Waals surface area contributed by atoms with Gasteiger partial charge in [0.05, 0.1) is 9.83 Å². The monoisotopic (exact) mass is 336 g/mol. The Balaban J connectivity index is 1.97. The Bertz CT molecular complexity index is 638. The maximum absolute atomic E-state index is 11.8. The van der Waals surface area contributed by atoms with E-state index in [1.165, 1.54) is 0 Å². The molecule has 0 aliphatic carbocycles. The van der Waals surface area contributed by atoms with E-state index < -0.39 is 0 Å². The molecule has 0 saturated carbocycles. The van der Waals surface area contributed by atoms with Crippen LogP contribution in [0.3, 0.4) is 0 Å². The third-order valence-electron chi connectivity index (χ3n) is 3.36. The first-order chi connectivity index (χ1) is 9.15. The van der Waals surface area contributed by atoms with Crippen molar-refractivity contribution in [2.45, 2.75) is 12.5 Å². The normalized spacial score (nSPS) is 15.8. The van der Waals surface area contributed by atoms with E-state index in [4.69, 9.17) is 5.73 Å². The minimum atomic E-state index is -0.192. The Kier molecular flexibility index (Phi) is 3.43. The summed E-state index contributed by atoms with van der Waals surface area (Å²) in [5.74, 6) is 0.00167. The molecular weight excluding hydrogens is 324 g/mol. The smallest absolute Gasteiger partial charge is 0.251 e. The lowest BCUT2D eigenvalue weighted by Crippen LogP contribution is -2.32. The third kappa shape index (κ3) is 2.45. The second-order valence-corrected chi connectivity index (χ2v) is 6.87. The van der Waals surface area contributed by atoms with Gasteiger partial charge in [0.25, 0.3) is 5.91 Å². The van der Waals surface area contributed by atoms with E-state index in [2.05, 4.69) is 21.2 Å². The second kappa shape index (κ2) is 5.07. The number of hydrogen-bond donors (Lipinski definition) is 2. The number of nitrogens with two attached hydrogens (primary N) is 1. The lowest BCUT2D eigenvalue weighted by molar-refractivity contribution is 0.0946. The number of benzene rings is 1. The van der Waals surface area contributed by atoms with Gasteiger partial charge in [-0.15, -0.1) is 11.3 Å². The van der Waals surface area contributed by atoms with Crippen LogP contribution in [-0.2, 0) is 6.42 Å². The van der Waals surface area contributed by atoms with Gasteiger partial charge in [-0.2, -0.15) is 0 Å². The summed E-state index contributed by atoms with van der Waals surface area (Å²) in [6.45, 7) is 0.717. The van der Waals surface area contributed by atoms with Gasteiger partial charge in [0.2, 0.25) is 0 Å². The molecule has 0 spiro atoms. The fraction of sp³-hybridized carbons (Fsp3) is 0.214. The largest absolute Gasteiger partial charge is 0.352 e. The number of hydrogen-bond acceptors (Lipinski definition) is 3. The van der Waals surface area contributed by atoms with Crippen LogP contribution in [0.5, 0.6) is 0 Å². The molecule has 1 aromatic carbocycles. The number of rotatable bonds is 2. The highest BCUT2D eigenvalue weighted by Crippen LogP contribution is 2.29. The van der Waals surface area contributed by atoms with Crippen molar-refractivity contribution in [2.75, 3.05) is 6.54 Å². The third-order valence-corrected chi connectivity index (χ3v) is 4.89. The van der Waals surface area contributed by atoms with Crippen molar-refractivity contribution in [1.29, 1.82) is 0 Å². The molecule has 98 valence electrons. The highest BCUT2D eigenvalue weighted by atomic mass is 79.9. The van der Waals surface area contributed by atoms with E-state index in [1.54, 1.807) is 11.3 Å². The van der Waals surface area contributed by atoms with Gasteiger partial charge in [0, 0.05) is 12.1 Å². The van der Waals surface area contributed by atoms with E-state index in [0.717, 1.165) is 32.5 Å². The SMILES string of the molecule is NC(c1csc(Br)c1)c1ccc2c(c1)C(=O)NCC2. The molecule has 0 radical (unpaired) electrons. The summed E-state index contributed by atoms with van der Waals surface area (Å²) < 4.78 is 1.06. The fourth-order valence-corrected chi connectivity index (χ4v) is 3.51. The van der Waals surface area contributed by atoms with Gasteiger partial charge in [0.1, 0.15) is 0 Å². The summed E-state index contributed by atoms with van der Waals surface area (Å²) in [6, 6.07) is 7.79. The molecule has 0 saturated heterocycles. The van der Waals surface area contributed by atoms with Crippen molar-refractivity contribution in [3.05, 3.63) is 55.7 Å². The molecule has 1 unspecified atom stereocenters. The van der Waals surface area contributed by atoms with Crippen LogP contribution in [0.4, 0.5) is 0 Å². The van der Waals surface area contributed by atoms with E-state index >= 15 is 0 Å². The number of fused-ring (bicyclic) bond motifs is 1. The quantitative estimate of drug-likeness (QED) is 0.885. The number of nitrogens with one attached hydrogen (secondary N) is 1. The van der Waals surface area contributed by atoms with Crippen molar-refractivity contribution < 1.29 is 4.79 Å². The number of carbonyl (C=O) groups excluding carboxylic acids is 1. The second-order valence-electron chi connectivity index (χ2n) is 4.58. The zero-order chi connectivity index (χ0) is 13.4. The summed E-state index contributed by atoms with van der Waals surface area (Å²) >= 11 is 5.06. The maximum atomic E-state index is 11.8. The van der Waals surface area contributed by atoms with Gasteiger partial charge in [-0.25, -0.2) is 0 Å². The predicted molar refractivity (Wildman–Crippen MR) is 80.5 cm³/mol. The number of thiophene rings is 1. The lowest BCUT2D eigenvalue weighted by atomic mass is 9.94. The van der Waals surface area contributed by atoms with Crippen LogP contribution in [0.15, 0.2) is 33.4 Å². The molecule has 0 fully saturated rings. The van der Waals surface area contributed by atoms with Gasteiger partial charge >= 0.3 is 0 Å².